The fourth-order valence-corrected chi connectivity index (χ4v) is 2.73. The molecule has 1 aliphatic rings. The summed E-state index contributed by atoms with van der Waals surface area (Å²) < 4.78 is 11.7. The van der Waals surface area contributed by atoms with E-state index in [2.05, 4.69) is 25.3 Å². The summed E-state index contributed by atoms with van der Waals surface area (Å²) in [6.45, 7) is 5.20. The number of rotatable bonds is 7. The molecule has 9 heteroatoms. The second kappa shape index (κ2) is 9.24. The molecule has 9 nitrogen and oxygen atoms in total. The molecule has 0 spiro atoms. The largest absolute Gasteiger partial charge is 0.465 e. The van der Waals surface area contributed by atoms with E-state index >= 15 is 0 Å². The van der Waals surface area contributed by atoms with Crippen LogP contribution in [-0.2, 0) is 22.6 Å². The van der Waals surface area contributed by atoms with Gasteiger partial charge < -0.3 is 14.8 Å². The van der Waals surface area contributed by atoms with E-state index in [1.54, 1.807) is 35.1 Å². The fourth-order valence-electron chi connectivity index (χ4n) is 2.73. The van der Waals surface area contributed by atoms with Crippen LogP contribution in [0.3, 0.4) is 0 Å². The minimum Gasteiger partial charge on any atom is -0.465 e. The molecular weight excluding hydrogens is 350 g/mol. The second-order valence-corrected chi connectivity index (χ2v) is 6.19. The summed E-state index contributed by atoms with van der Waals surface area (Å²) in [5, 5.41) is 10.7. The lowest BCUT2D eigenvalue weighted by atomic mass is 10.1. The minimum absolute atomic E-state index is 0.281. The van der Waals surface area contributed by atoms with Gasteiger partial charge in [-0.2, -0.15) is 0 Å². The third kappa shape index (κ3) is 5.35. The summed E-state index contributed by atoms with van der Waals surface area (Å²) in [5.41, 5.74) is 1.62. The third-order valence-electron chi connectivity index (χ3n) is 4.35. The molecule has 1 N–H and O–H groups in total. The number of nitrogens with one attached hydrogen (secondary N) is 1. The van der Waals surface area contributed by atoms with E-state index in [1.165, 1.54) is 7.11 Å². The Kier molecular flexibility index (Phi) is 6.50. The van der Waals surface area contributed by atoms with Gasteiger partial charge in [-0.3, -0.25) is 14.4 Å². The Bertz CT molecular complexity index is 768. The maximum absolute atomic E-state index is 12.2. The number of carbonyl (C=O) groups is 2. The van der Waals surface area contributed by atoms with Gasteiger partial charge in [-0.15, -0.1) is 5.10 Å². The molecular formula is C18H23N5O4. The predicted molar refractivity (Wildman–Crippen MR) is 96.2 cm³/mol. The Morgan fingerprint density at radius 1 is 1.19 bits per heavy atom. The highest BCUT2D eigenvalue weighted by atomic mass is 16.5. The van der Waals surface area contributed by atoms with E-state index in [4.69, 9.17) is 4.74 Å². The summed E-state index contributed by atoms with van der Waals surface area (Å²) in [7, 11) is 1.34. The van der Waals surface area contributed by atoms with Gasteiger partial charge in [0, 0.05) is 26.2 Å². The number of hydrogen-bond acceptors (Lipinski definition) is 7. The number of esters is 1. The van der Waals surface area contributed by atoms with Gasteiger partial charge in [-0.1, -0.05) is 17.3 Å². The van der Waals surface area contributed by atoms with E-state index in [0.29, 0.717) is 18.7 Å². The van der Waals surface area contributed by atoms with E-state index in [1.807, 2.05) is 0 Å². The monoisotopic (exact) mass is 373 g/mol. The van der Waals surface area contributed by atoms with E-state index < -0.39 is 0 Å². The number of methoxy groups -OCH3 is 1. The van der Waals surface area contributed by atoms with Crippen molar-refractivity contribution in [2.45, 2.75) is 13.1 Å². The second-order valence-electron chi connectivity index (χ2n) is 6.19. The molecule has 1 aromatic carbocycles. The zero-order chi connectivity index (χ0) is 19.1. The topological polar surface area (TPSA) is 98.6 Å². The highest BCUT2D eigenvalue weighted by Gasteiger charge is 2.13. The van der Waals surface area contributed by atoms with Gasteiger partial charge >= 0.3 is 5.97 Å². The number of carbonyl (C=O) groups excluding carboxylic acids is 2. The van der Waals surface area contributed by atoms with Crippen LogP contribution < -0.4 is 5.32 Å². The van der Waals surface area contributed by atoms with Gasteiger partial charge in [0.05, 0.1) is 38.6 Å². The first-order valence-corrected chi connectivity index (χ1v) is 8.81. The van der Waals surface area contributed by atoms with Crippen molar-refractivity contribution in [2.24, 2.45) is 0 Å². The first kappa shape index (κ1) is 19.0. The van der Waals surface area contributed by atoms with Crippen LogP contribution in [0, 0.1) is 0 Å². The SMILES string of the molecule is COC(=O)c1ccc(CNC(=O)c2cn(CCN3CCOCC3)nn2)cc1. The maximum Gasteiger partial charge on any atom is 0.337 e. The van der Waals surface area contributed by atoms with Crippen molar-refractivity contribution in [2.75, 3.05) is 40.0 Å². The average Bonchev–Trinajstić information content (AvgIpc) is 3.20. The zero-order valence-electron chi connectivity index (χ0n) is 15.3. The lowest BCUT2D eigenvalue weighted by molar-refractivity contribution is 0.0359. The van der Waals surface area contributed by atoms with Crippen molar-refractivity contribution in [3.8, 4) is 0 Å². The Morgan fingerprint density at radius 3 is 2.63 bits per heavy atom. The molecule has 0 saturated carbocycles. The van der Waals surface area contributed by atoms with Crippen LogP contribution >= 0.6 is 0 Å². The Labute approximate surface area is 157 Å². The summed E-state index contributed by atoms with van der Waals surface area (Å²) in [6.07, 6.45) is 1.65. The molecule has 27 heavy (non-hydrogen) atoms. The molecule has 0 unspecified atom stereocenters. The molecule has 1 fully saturated rings. The quantitative estimate of drug-likeness (QED) is 0.698. The van der Waals surface area contributed by atoms with Crippen LogP contribution in [0.5, 0.6) is 0 Å². The molecule has 144 valence electrons. The van der Waals surface area contributed by atoms with Crippen LogP contribution in [0.4, 0.5) is 0 Å². The number of aromatic nitrogens is 3. The smallest absolute Gasteiger partial charge is 0.337 e. The molecule has 0 radical (unpaired) electrons. The summed E-state index contributed by atoms with van der Waals surface area (Å²) in [5.74, 6) is -0.677. The van der Waals surface area contributed by atoms with E-state index in [-0.39, 0.29) is 17.6 Å². The fraction of sp³-hybridized carbons (Fsp3) is 0.444. The number of ether oxygens (including phenoxy) is 2. The summed E-state index contributed by atoms with van der Waals surface area (Å²) >= 11 is 0. The van der Waals surface area contributed by atoms with Crippen molar-refractivity contribution in [1.82, 2.24) is 25.2 Å². The molecule has 0 atom stereocenters. The van der Waals surface area contributed by atoms with Crippen LogP contribution in [-0.4, -0.2) is 71.7 Å². The van der Waals surface area contributed by atoms with Crippen LogP contribution in [0.2, 0.25) is 0 Å². The van der Waals surface area contributed by atoms with Crippen LogP contribution in [0.15, 0.2) is 30.5 Å². The van der Waals surface area contributed by atoms with Crippen molar-refractivity contribution >= 4 is 11.9 Å². The third-order valence-corrected chi connectivity index (χ3v) is 4.35. The Balaban J connectivity index is 1.46. The molecule has 0 bridgehead atoms. The van der Waals surface area contributed by atoms with E-state index in [9.17, 15) is 9.59 Å². The van der Waals surface area contributed by atoms with Crippen molar-refractivity contribution in [3.05, 3.63) is 47.3 Å². The highest BCUT2D eigenvalue weighted by Crippen LogP contribution is 2.06. The molecule has 1 amide bonds. The number of morpholine rings is 1. The minimum atomic E-state index is -0.390. The first-order valence-electron chi connectivity index (χ1n) is 8.81. The maximum atomic E-state index is 12.2. The molecule has 1 aliphatic heterocycles. The molecule has 1 aromatic heterocycles. The summed E-state index contributed by atoms with van der Waals surface area (Å²) in [4.78, 5) is 25.9. The van der Waals surface area contributed by atoms with E-state index in [0.717, 1.165) is 38.4 Å². The average molecular weight is 373 g/mol. The van der Waals surface area contributed by atoms with Gasteiger partial charge in [0.15, 0.2) is 5.69 Å². The number of hydrogen-bond donors (Lipinski definition) is 1. The molecule has 1 saturated heterocycles. The number of nitrogens with zero attached hydrogens (tertiary/aromatic N) is 4. The van der Waals surface area contributed by atoms with Crippen LogP contribution in [0.25, 0.3) is 0 Å². The van der Waals surface area contributed by atoms with Gasteiger partial charge in [-0.05, 0) is 17.7 Å². The van der Waals surface area contributed by atoms with Crippen LogP contribution in [0.1, 0.15) is 26.4 Å². The normalized spacial score (nSPS) is 14.7. The highest BCUT2D eigenvalue weighted by molar-refractivity contribution is 5.92. The standard InChI is InChI=1S/C18H23N5O4/c1-26-18(25)15-4-2-14(3-5-15)12-19-17(24)16-13-23(21-20-16)7-6-22-8-10-27-11-9-22/h2-5,13H,6-12H2,1H3,(H,19,24). The molecule has 2 aromatic rings. The van der Waals surface area contributed by atoms with Gasteiger partial charge in [0.2, 0.25) is 0 Å². The van der Waals surface area contributed by atoms with Crippen molar-refractivity contribution < 1.29 is 19.1 Å². The number of benzene rings is 1. The van der Waals surface area contributed by atoms with Gasteiger partial charge in [0.1, 0.15) is 0 Å². The number of amides is 1. The lowest BCUT2D eigenvalue weighted by Gasteiger charge is -2.26. The lowest BCUT2D eigenvalue weighted by Crippen LogP contribution is -2.38. The molecule has 2 heterocycles. The first-order chi connectivity index (χ1) is 13.2. The summed E-state index contributed by atoms with van der Waals surface area (Å²) in [6, 6.07) is 6.86. The predicted octanol–water partition coefficient (Wildman–Crippen LogP) is 0.327. The van der Waals surface area contributed by atoms with Crippen molar-refractivity contribution in [3.63, 3.8) is 0 Å². The molecule has 3 rings (SSSR count). The van der Waals surface area contributed by atoms with Gasteiger partial charge in [-0.25, -0.2) is 4.79 Å². The zero-order valence-corrected chi connectivity index (χ0v) is 15.3. The van der Waals surface area contributed by atoms with Crippen molar-refractivity contribution in [1.29, 1.82) is 0 Å². The Hall–Kier alpha value is -2.78. The van der Waals surface area contributed by atoms with Gasteiger partial charge in [0.25, 0.3) is 5.91 Å². The molecule has 0 aliphatic carbocycles. The Morgan fingerprint density at radius 2 is 1.93 bits per heavy atom.